The molecule has 0 radical (unpaired) electrons. The highest BCUT2D eigenvalue weighted by Crippen LogP contribution is 2.30. The van der Waals surface area contributed by atoms with Crippen LogP contribution in [0.1, 0.15) is 24.5 Å². The molecule has 0 bridgehead atoms. The molecule has 4 heteroatoms. The number of hydrogen-bond acceptors (Lipinski definition) is 1. The third-order valence-electron chi connectivity index (χ3n) is 3.44. The van der Waals surface area contributed by atoms with E-state index in [0.717, 1.165) is 18.2 Å². The normalized spacial score (nSPS) is 14.1. The zero-order valence-electron chi connectivity index (χ0n) is 11.0. The van der Waals surface area contributed by atoms with Crippen LogP contribution in [-0.2, 0) is 12.0 Å². The number of rotatable bonds is 4. The van der Waals surface area contributed by atoms with Gasteiger partial charge in [0.2, 0.25) is 0 Å². The van der Waals surface area contributed by atoms with Crippen LogP contribution in [0.3, 0.4) is 0 Å². The maximum Gasteiger partial charge on any atom is 0.126 e. The summed E-state index contributed by atoms with van der Waals surface area (Å²) >= 11 is 0. The molecule has 0 aliphatic heterocycles. The average Bonchev–Trinajstić information content (AvgIpc) is 2.43. The van der Waals surface area contributed by atoms with E-state index in [9.17, 15) is 18.3 Å². The van der Waals surface area contributed by atoms with Gasteiger partial charge in [-0.05, 0) is 47.9 Å². The largest absolute Gasteiger partial charge is 0.385 e. The van der Waals surface area contributed by atoms with E-state index < -0.39 is 23.1 Å². The molecule has 1 nitrogen and oxygen atoms in total. The average molecular weight is 280 g/mol. The van der Waals surface area contributed by atoms with Gasteiger partial charge in [0.15, 0.2) is 0 Å². The molecular formula is C16H15F3O. The summed E-state index contributed by atoms with van der Waals surface area (Å²) in [5.74, 6) is -1.64. The van der Waals surface area contributed by atoms with Gasteiger partial charge in [-0.2, -0.15) is 0 Å². The second kappa shape index (κ2) is 5.67. The molecule has 0 aromatic heterocycles. The van der Waals surface area contributed by atoms with Crippen molar-refractivity contribution in [2.75, 3.05) is 0 Å². The molecule has 0 heterocycles. The molecule has 1 N–H and O–H groups in total. The highest BCUT2D eigenvalue weighted by molar-refractivity contribution is 5.28. The molecule has 0 saturated heterocycles. The van der Waals surface area contributed by atoms with Crippen molar-refractivity contribution in [2.45, 2.75) is 25.4 Å². The van der Waals surface area contributed by atoms with E-state index in [1.165, 1.54) is 18.2 Å². The van der Waals surface area contributed by atoms with Crippen LogP contribution >= 0.6 is 0 Å². The highest BCUT2D eigenvalue weighted by Gasteiger charge is 2.29. The van der Waals surface area contributed by atoms with E-state index in [2.05, 4.69) is 0 Å². The van der Waals surface area contributed by atoms with Gasteiger partial charge in [-0.15, -0.1) is 0 Å². The van der Waals surface area contributed by atoms with Crippen molar-refractivity contribution in [3.63, 3.8) is 0 Å². The molecule has 2 rings (SSSR count). The molecule has 106 valence electrons. The molecule has 2 aromatic carbocycles. The van der Waals surface area contributed by atoms with E-state index in [4.69, 9.17) is 0 Å². The van der Waals surface area contributed by atoms with Crippen molar-refractivity contribution in [1.82, 2.24) is 0 Å². The fraction of sp³-hybridized carbons (Fsp3) is 0.250. The summed E-state index contributed by atoms with van der Waals surface area (Å²) in [6.07, 6.45) is 0.142. The Labute approximate surface area is 115 Å². The lowest BCUT2D eigenvalue weighted by Gasteiger charge is -2.28. The Hall–Kier alpha value is -1.81. The summed E-state index contributed by atoms with van der Waals surface area (Å²) in [4.78, 5) is 0. The first-order valence-corrected chi connectivity index (χ1v) is 6.37. The molecule has 0 saturated carbocycles. The zero-order chi connectivity index (χ0) is 14.8. The van der Waals surface area contributed by atoms with Crippen LogP contribution in [0.25, 0.3) is 0 Å². The van der Waals surface area contributed by atoms with E-state index in [1.807, 2.05) is 0 Å². The van der Waals surface area contributed by atoms with Crippen LogP contribution in [0.2, 0.25) is 0 Å². The summed E-state index contributed by atoms with van der Waals surface area (Å²) < 4.78 is 40.1. The molecule has 0 aliphatic rings. The van der Waals surface area contributed by atoms with E-state index in [0.29, 0.717) is 5.56 Å². The van der Waals surface area contributed by atoms with Crippen molar-refractivity contribution >= 4 is 0 Å². The van der Waals surface area contributed by atoms with E-state index >= 15 is 0 Å². The molecule has 0 amide bonds. The second-order valence-corrected chi connectivity index (χ2v) is 4.81. The van der Waals surface area contributed by atoms with Crippen molar-refractivity contribution in [3.8, 4) is 0 Å². The number of aliphatic hydroxyl groups is 1. The quantitative estimate of drug-likeness (QED) is 0.899. The van der Waals surface area contributed by atoms with Crippen molar-refractivity contribution in [1.29, 1.82) is 0 Å². The predicted molar refractivity (Wildman–Crippen MR) is 70.6 cm³/mol. The Morgan fingerprint density at radius 3 is 2.35 bits per heavy atom. The van der Waals surface area contributed by atoms with E-state index in [-0.39, 0.29) is 18.4 Å². The zero-order valence-corrected chi connectivity index (χ0v) is 11.0. The van der Waals surface area contributed by atoms with E-state index in [1.54, 1.807) is 13.0 Å². The van der Waals surface area contributed by atoms with Crippen LogP contribution in [0.15, 0.2) is 42.5 Å². The lowest BCUT2D eigenvalue weighted by atomic mass is 9.85. The molecule has 0 fully saturated rings. The molecule has 2 aromatic rings. The minimum Gasteiger partial charge on any atom is -0.385 e. The molecule has 1 unspecified atom stereocenters. The van der Waals surface area contributed by atoms with Crippen LogP contribution < -0.4 is 0 Å². The van der Waals surface area contributed by atoms with Gasteiger partial charge in [-0.1, -0.05) is 19.1 Å². The van der Waals surface area contributed by atoms with Gasteiger partial charge < -0.3 is 5.11 Å². The fourth-order valence-corrected chi connectivity index (χ4v) is 2.20. The molecule has 0 spiro atoms. The highest BCUT2D eigenvalue weighted by atomic mass is 19.1. The maximum absolute atomic E-state index is 13.7. The Balaban J connectivity index is 2.39. The summed E-state index contributed by atoms with van der Waals surface area (Å²) in [7, 11) is 0. The minimum atomic E-state index is -1.43. The smallest absolute Gasteiger partial charge is 0.126 e. The van der Waals surface area contributed by atoms with Gasteiger partial charge in [-0.25, -0.2) is 13.2 Å². The molecule has 0 aliphatic carbocycles. The van der Waals surface area contributed by atoms with Gasteiger partial charge in [-0.3, -0.25) is 0 Å². The molecule has 20 heavy (non-hydrogen) atoms. The predicted octanol–water partition coefficient (Wildman–Crippen LogP) is 3.94. The van der Waals surface area contributed by atoms with Crippen LogP contribution in [-0.4, -0.2) is 5.11 Å². The van der Waals surface area contributed by atoms with Gasteiger partial charge in [0.05, 0.1) is 5.60 Å². The molecule has 1 atom stereocenters. The maximum atomic E-state index is 13.7. The summed E-state index contributed by atoms with van der Waals surface area (Å²) in [6, 6.07) is 8.62. The Kier molecular flexibility index (Phi) is 4.14. The molecular weight excluding hydrogens is 265 g/mol. The van der Waals surface area contributed by atoms with Gasteiger partial charge in [0.1, 0.15) is 17.5 Å². The Morgan fingerprint density at radius 2 is 1.70 bits per heavy atom. The summed E-state index contributed by atoms with van der Waals surface area (Å²) in [6.45, 7) is 1.71. The lowest BCUT2D eigenvalue weighted by Crippen LogP contribution is -2.28. The summed E-state index contributed by atoms with van der Waals surface area (Å²) in [5.41, 5.74) is -1.02. The third-order valence-corrected chi connectivity index (χ3v) is 3.44. The minimum absolute atomic E-state index is 0.0682. The van der Waals surface area contributed by atoms with Gasteiger partial charge in [0, 0.05) is 6.42 Å². The topological polar surface area (TPSA) is 20.2 Å². The lowest BCUT2D eigenvalue weighted by molar-refractivity contribution is 0.0315. The van der Waals surface area contributed by atoms with Gasteiger partial charge in [0.25, 0.3) is 0 Å². The first-order chi connectivity index (χ1) is 9.44. The summed E-state index contributed by atoms with van der Waals surface area (Å²) in [5, 5.41) is 10.6. The van der Waals surface area contributed by atoms with Crippen molar-refractivity contribution in [3.05, 3.63) is 71.0 Å². The number of hydrogen-bond donors (Lipinski definition) is 1. The number of halogens is 3. The fourth-order valence-electron chi connectivity index (χ4n) is 2.20. The number of benzene rings is 2. The van der Waals surface area contributed by atoms with Crippen molar-refractivity contribution < 1.29 is 18.3 Å². The first-order valence-electron chi connectivity index (χ1n) is 6.37. The second-order valence-electron chi connectivity index (χ2n) is 4.81. The van der Waals surface area contributed by atoms with Crippen LogP contribution in [0.4, 0.5) is 13.2 Å². The Bertz CT molecular complexity index is 612. The third kappa shape index (κ3) is 3.02. The Morgan fingerprint density at radius 1 is 1.00 bits per heavy atom. The van der Waals surface area contributed by atoms with Crippen molar-refractivity contribution in [2.24, 2.45) is 0 Å². The standard InChI is InChI=1S/C16H15F3O/c1-2-16(20,12-4-3-5-13(17)9-12)10-11-8-14(18)6-7-15(11)19/h3-9,20H,2,10H2,1H3. The SMILES string of the molecule is CCC(O)(Cc1cc(F)ccc1F)c1cccc(F)c1. The monoisotopic (exact) mass is 280 g/mol. The first kappa shape index (κ1) is 14.6. The van der Waals surface area contributed by atoms with Crippen LogP contribution in [0.5, 0.6) is 0 Å². The van der Waals surface area contributed by atoms with Crippen LogP contribution in [0, 0.1) is 17.5 Å². The van der Waals surface area contributed by atoms with Gasteiger partial charge >= 0.3 is 0 Å².